The lowest BCUT2D eigenvalue weighted by Crippen LogP contribution is -2.46. The highest BCUT2D eigenvalue weighted by Crippen LogP contribution is 2.35. The highest BCUT2D eigenvalue weighted by atomic mass is 15.1. The zero-order chi connectivity index (χ0) is 13.8. The van der Waals surface area contributed by atoms with E-state index < -0.39 is 0 Å². The average molecular weight is 266 g/mol. The first-order valence-corrected chi connectivity index (χ1v) is 8.55. The Labute approximate surface area is 120 Å². The van der Waals surface area contributed by atoms with Gasteiger partial charge in [0.05, 0.1) is 0 Å². The summed E-state index contributed by atoms with van der Waals surface area (Å²) in [6, 6.07) is 0.774. The maximum absolute atomic E-state index is 3.75. The minimum absolute atomic E-state index is 0.774. The summed E-state index contributed by atoms with van der Waals surface area (Å²) in [4.78, 5) is 2.72. The fourth-order valence-electron chi connectivity index (χ4n) is 4.16. The zero-order valence-corrected chi connectivity index (χ0v) is 13.5. The summed E-state index contributed by atoms with van der Waals surface area (Å²) in [6.07, 6.45) is 5.68. The number of hydrogen-bond donors (Lipinski definition) is 1. The van der Waals surface area contributed by atoms with Gasteiger partial charge in [0.2, 0.25) is 0 Å². The van der Waals surface area contributed by atoms with Crippen molar-refractivity contribution in [3.05, 3.63) is 0 Å². The third-order valence-corrected chi connectivity index (χ3v) is 5.43. The Bertz CT molecular complexity index is 264. The molecule has 112 valence electrons. The fraction of sp³-hybridized carbons (Fsp3) is 1.00. The maximum Gasteiger partial charge on any atom is 0.0108 e. The van der Waals surface area contributed by atoms with Crippen molar-refractivity contribution in [2.45, 2.75) is 59.4 Å². The molecule has 1 saturated carbocycles. The Hall–Kier alpha value is -0.0800. The van der Waals surface area contributed by atoms with E-state index in [-0.39, 0.29) is 0 Å². The molecule has 2 nitrogen and oxygen atoms in total. The molecule has 1 saturated heterocycles. The van der Waals surface area contributed by atoms with Gasteiger partial charge in [-0.25, -0.2) is 0 Å². The lowest BCUT2D eigenvalue weighted by Gasteiger charge is -2.40. The minimum Gasteiger partial charge on any atom is -0.314 e. The zero-order valence-electron chi connectivity index (χ0n) is 13.5. The highest BCUT2D eigenvalue weighted by molar-refractivity contribution is 4.88. The quantitative estimate of drug-likeness (QED) is 0.820. The Morgan fingerprint density at radius 1 is 1.21 bits per heavy atom. The van der Waals surface area contributed by atoms with Crippen LogP contribution in [0.5, 0.6) is 0 Å². The third-order valence-electron chi connectivity index (χ3n) is 5.43. The van der Waals surface area contributed by atoms with Crippen LogP contribution >= 0.6 is 0 Å². The topological polar surface area (TPSA) is 15.3 Å². The first kappa shape index (κ1) is 15.3. The normalized spacial score (nSPS) is 37.1. The van der Waals surface area contributed by atoms with Gasteiger partial charge in [0, 0.05) is 19.1 Å². The van der Waals surface area contributed by atoms with Crippen LogP contribution in [0, 0.1) is 23.7 Å². The molecule has 19 heavy (non-hydrogen) atoms. The van der Waals surface area contributed by atoms with Crippen molar-refractivity contribution < 1.29 is 0 Å². The van der Waals surface area contributed by atoms with Crippen LogP contribution in [0.1, 0.15) is 53.4 Å². The predicted molar refractivity (Wildman–Crippen MR) is 83.4 cm³/mol. The van der Waals surface area contributed by atoms with E-state index in [1.165, 1.54) is 45.3 Å². The average Bonchev–Trinajstić information content (AvgIpc) is 2.77. The molecular formula is C17H34N2. The van der Waals surface area contributed by atoms with Crippen LogP contribution in [0.3, 0.4) is 0 Å². The summed E-state index contributed by atoms with van der Waals surface area (Å²) in [5, 5.41) is 3.75. The van der Waals surface area contributed by atoms with Crippen LogP contribution < -0.4 is 5.32 Å². The van der Waals surface area contributed by atoms with E-state index in [2.05, 4.69) is 37.9 Å². The molecule has 0 bridgehead atoms. The Morgan fingerprint density at radius 3 is 2.58 bits per heavy atom. The van der Waals surface area contributed by atoms with Crippen LogP contribution in [-0.4, -0.2) is 37.1 Å². The summed E-state index contributed by atoms with van der Waals surface area (Å²) in [6.45, 7) is 14.6. The number of likely N-dealkylation sites (tertiary alicyclic amines) is 1. The van der Waals surface area contributed by atoms with Gasteiger partial charge in [0.1, 0.15) is 0 Å². The monoisotopic (exact) mass is 266 g/mol. The van der Waals surface area contributed by atoms with Gasteiger partial charge in [-0.1, -0.05) is 27.7 Å². The lowest BCUT2D eigenvalue weighted by molar-refractivity contribution is 0.131. The van der Waals surface area contributed by atoms with Gasteiger partial charge in [-0.15, -0.1) is 0 Å². The largest absolute Gasteiger partial charge is 0.314 e. The highest BCUT2D eigenvalue weighted by Gasteiger charge is 2.33. The molecule has 0 aromatic rings. The van der Waals surface area contributed by atoms with E-state index in [1.54, 1.807) is 0 Å². The van der Waals surface area contributed by atoms with Crippen molar-refractivity contribution in [1.29, 1.82) is 0 Å². The summed E-state index contributed by atoms with van der Waals surface area (Å²) >= 11 is 0. The van der Waals surface area contributed by atoms with E-state index in [0.29, 0.717) is 0 Å². The molecule has 2 rings (SSSR count). The van der Waals surface area contributed by atoms with Crippen molar-refractivity contribution in [2.75, 3.05) is 26.2 Å². The standard InChI is InChI=1S/C17H34N2/c1-5-18-17-7-6-15(13(2)3)10-16(17)12-19-9-8-14(4)11-19/h13-18H,5-12H2,1-4H3. The molecule has 1 aliphatic heterocycles. The molecular weight excluding hydrogens is 232 g/mol. The van der Waals surface area contributed by atoms with Crippen LogP contribution in [0.15, 0.2) is 0 Å². The number of nitrogens with zero attached hydrogens (tertiary/aromatic N) is 1. The second-order valence-corrected chi connectivity index (χ2v) is 7.39. The summed E-state index contributed by atoms with van der Waals surface area (Å²) in [5.74, 6) is 3.62. The van der Waals surface area contributed by atoms with Crippen molar-refractivity contribution >= 4 is 0 Å². The summed E-state index contributed by atoms with van der Waals surface area (Å²) < 4.78 is 0. The van der Waals surface area contributed by atoms with Crippen molar-refractivity contribution in [3.8, 4) is 0 Å². The maximum atomic E-state index is 3.75. The lowest BCUT2D eigenvalue weighted by atomic mass is 9.73. The molecule has 0 spiro atoms. The van der Waals surface area contributed by atoms with Gasteiger partial charge in [0.25, 0.3) is 0 Å². The molecule has 2 fully saturated rings. The molecule has 4 atom stereocenters. The predicted octanol–water partition coefficient (Wildman–Crippen LogP) is 3.38. The second-order valence-electron chi connectivity index (χ2n) is 7.39. The van der Waals surface area contributed by atoms with Crippen LogP contribution in [0.2, 0.25) is 0 Å². The van der Waals surface area contributed by atoms with E-state index in [4.69, 9.17) is 0 Å². The smallest absolute Gasteiger partial charge is 0.0108 e. The number of rotatable bonds is 5. The molecule has 2 aliphatic rings. The molecule has 1 heterocycles. The van der Waals surface area contributed by atoms with Gasteiger partial charge in [-0.3, -0.25) is 0 Å². The molecule has 1 N–H and O–H groups in total. The molecule has 2 heteroatoms. The van der Waals surface area contributed by atoms with E-state index >= 15 is 0 Å². The molecule has 0 aromatic carbocycles. The van der Waals surface area contributed by atoms with Crippen molar-refractivity contribution in [1.82, 2.24) is 10.2 Å². The number of hydrogen-bond acceptors (Lipinski definition) is 2. The van der Waals surface area contributed by atoms with E-state index in [1.807, 2.05) is 0 Å². The molecule has 1 aliphatic carbocycles. The summed E-state index contributed by atoms with van der Waals surface area (Å²) in [7, 11) is 0. The molecule has 0 amide bonds. The van der Waals surface area contributed by atoms with Crippen molar-refractivity contribution in [2.24, 2.45) is 23.7 Å². The van der Waals surface area contributed by atoms with E-state index in [0.717, 1.165) is 36.3 Å². The molecule has 0 radical (unpaired) electrons. The van der Waals surface area contributed by atoms with Gasteiger partial charge < -0.3 is 10.2 Å². The SMILES string of the molecule is CCNC1CCC(C(C)C)CC1CN1CCC(C)C1. The van der Waals surface area contributed by atoms with Gasteiger partial charge in [-0.05, 0) is 62.4 Å². The number of nitrogens with one attached hydrogen (secondary N) is 1. The first-order chi connectivity index (χ1) is 9.10. The minimum atomic E-state index is 0.774. The van der Waals surface area contributed by atoms with Gasteiger partial charge in [-0.2, -0.15) is 0 Å². The Balaban J connectivity index is 1.91. The second kappa shape index (κ2) is 7.08. The van der Waals surface area contributed by atoms with Gasteiger partial charge >= 0.3 is 0 Å². The Kier molecular flexibility index (Phi) is 5.70. The van der Waals surface area contributed by atoms with E-state index in [9.17, 15) is 0 Å². The fourth-order valence-corrected chi connectivity index (χ4v) is 4.16. The third kappa shape index (κ3) is 4.19. The Morgan fingerprint density at radius 2 is 2.00 bits per heavy atom. The molecule has 0 aromatic heterocycles. The van der Waals surface area contributed by atoms with Crippen LogP contribution in [0.25, 0.3) is 0 Å². The van der Waals surface area contributed by atoms with Crippen LogP contribution in [-0.2, 0) is 0 Å². The summed E-state index contributed by atoms with van der Waals surface area (Å²) in [5.41, 5.74) is 0. The van der Waals surface area contributed by atoms with Crippen LogP contribution in [0.4, 0.5) is 0 Å². The van der Waals surface area contributed by atoms with Crippen molar-refractivity contribution in [3.63, 3.8) is 0 Å². The first-order valence-electron chi connectivity index (χ1n) is 8.55. The molecule has 4 unspecified atom stereocenters. The van der Waals surface area contributed by atoms with Gasteiger partial charge in [0.15, 0.2) is 0 Å².